The van der Waals surface area contributed by atoms with Gasteiger partial charge < -0.3 is 15.2 Å². The van der Waals surface area contributed by atoms with Gasteiger partial charge in [-0.3, -0.25) is 4.79 Å². The lowest BCUT2D eigenvalue weighted by Crippen LogP contribution is -2.40. The number of carbonyl (C=O) groups excluding carboxylic acids is 1. The Morgan fingerprint density at radius 1 is 1.17 bits per heavy atom. The van der Waals surface area contributed by atoms with Gasteiger partial charge in [0, 0.05) is 35.3 Å². The molecule has 0 aliphatic rings. The van der Waals surface area contributed by atoms with Crippen LogP contribution in [0.3, 0.4) is 0 Å². The first-order valence-electron chi connectivity index (χ1n) is 11.7. The van der Waals surface area contributed by atoms with Gasteiger partial charge in [0.15, 0.2) is 0 Å². The number of halogens is 1. The Labute approximate surface area is 215 Å². The van der Waals surface area contributed by atoms with E-state index in [0.29, 0.717) is 36.8 Å². The first kappa shape index (κ1) is 25.1. The molecule has 6 nitrogen and oxygen atoms in total. The highest BCUT2D eigenvalue weighted by Gasteiger charge is 2.33. The van der Waals surface area contributed by atoms with E-state index in [2.05, 4.69) is 41.7 Å². The Bertz CT molecular complexity index is 1240. The highest BCUT2D eigenvalue weighted by atomic mass is 35.5. The van der Waals surface area contributed by atoms with Crippen molar-refractivity contribution in [1.29, 1.82) is 0 Å². The van der Waals surface area contributed by atoms with E-state index in [-0.39, 0.29) is 17.9 Å². The number of rotatable bonds is 10. The summed E-state index contributed by atoms with van der Waals surface area (Å²) in [5, 5.41) is 2.45. The molecule has 1 amide bonds. The average Bonchev–Trinajstić information content (AvgIpc) is 3.53. The van der Waals surface area contributed by atoms with Crippen LogP contribution in [0.1, 0.15) is 48.2 Å². The molecule has 0 spiro atoms. The van der Waals surface area contributed by atoms with Crippen LogP contribution in [-0.4, -0.2) is 38.4 Å². The van der Waals surface area contributed by atoms with Crippen LogP contribution in [0.2, 0.25) is 5.02 Å². The van der Waals surface area contributed by atoms with Crippen LogP contribution < -0.4 is 5.73 Å². The molecule has 182 valence electrons. The number of amides is 1. The van der Waals surface area contributed by atoms with Gasteiger partial charge in [0.1, 0.15) is 11.5 Å². The number of benzene rings is 2. The van der Waals surface area contributed by atoms with Crippen LogP contribution in [0.25, 0.3) is 11.3 Å². The molecule has 4 aromatic rings. The topological polar surface area (TPSA) is 77.0 Å². The number of nitrogens with two attached hydrogens (primary N) is 1. The minimum atomic E-state index is -0.257. The maximum Gasteiger partial charge on any atom is 0.273 e. The van der Waals surface area contributed by atoms with Gasteiger partial charge >= 0.3 is 0 Å². The molecule has 2 heterocycles. The second-order valence-corrected chi connectivity index (χ2v) is 9.97. The number of hydrogen-bond acceptors (Lipinski definition) is 5. The SMILES string of the molecule is CC(C)[C@H](c1nc(-c2cccc(Cl)c2)cn1Cc1ccccc1)N(CCCN)C(=O)c1cscn1. The molecule has 8 heteroatoms. The standard InChI is InChI=1S/C27H30ClN5OS/c1-19(2)25(33(13-7-12-29)27(34)24-17-35-18-30-24)26-31-23(21-10-6-11-22(28)14-21)16-32(26)15-20-8-4-3-5-9-20/h3-6,8-11,14,16-19,25H,7,12-13,15,29H2,1-2H3/t25-/m1/s1. The Morgan fingerprint density at radius 2 is 1.97 bits per heavy atom. The lowest BCUT2D eigenvalue weighted by atomic mass is 10.00. The maximum atomic E-state index is 13.6. The molecule has 2 aromatic heterocycles. The fraction of sp³-hybridized carbons (Fsp3) is 0.296. The molecule has 0 radical (unpaired) electrons. The van der Waals surface area contributed by atoms with E-state index in [4.69, 9.17) is 22.3 Å². The Balaban J connectivity index is 1.82. The normalized spacial score (nSPS) is 12.1. The number of thiazole rings is 1. The van der Waals surface area contributed by atoms with Gasteiger partial charge in [-0.05, 0) is 36.6 Å². The predicted octanol–water partition coefficient (Wildman–Crippen LogP) is 5.90. The van der Waals surface area contributed by atoms with E-state index in [1.54, 1.807) is 10.9 Å². The fourth-order valence-corrected chi connectivity index (χ4v) is 4.97. The third-order valence-corrected chi connectivity index (χ3v) is 6.69. The van der Waals surface area contributed by atoms with E-state index in [0.717, 1.165) is 22.6 Å². The van der Waals surface area contributed by atoms with Crippen molar-refractivity contribution >= 4 is 28.8 Å². The molecule has 35 heavy (non-hydrogen) atoms. The number of hydrogen-bond donors (Lipinski definition) is 1. The van der Waals surface area contributed by atoms with Crippen molar-refractivity contribution in [3.63, 3.8) is 0 Å². The molecule has 0 bridgehead atoms. The molecule has 0 saturated carbocycles. The fourth-order valence-electron chi connectivity index (χ4n) is 4.25. The van der Waals surface area contributed by atoms with Gasteiger partial charge in [0.25, 0.3) is 5.91 Å². The summed E-state index contributed by atoms with van der Waals surface area (Å²) >= 11 is 7.70. The van der Waals surface area contributed by atoms with Crippen molar-refractivity contribution in [3.05, 3.63) is 93.8 Å². The van der Waals surface area contributed by atoms with Gasteiger partial charge in [0.2, 0.25) is 0 Å². The summed E-state index contributed by atoms with van der Waals surface area (Å²) in [5.74, 6) is 0.843. The van der Waals surface area contributed by atoms with Crippen LogP contribution in [-0.2, 0) is 6.54 Å². The predicted molar refractivity (Wildman–Crippen MR) is 143 cm³/mol. The van der Waals surface area contributed by atoms with Gasteiger partial charge in [0.05, 0.1) is 17.2 Å². The Hall–Kier alpha value is -3.00. The molecule has 4 rings (SSSR count). The quantitative estimate of drug-likeness (QED) is 0.290. The van der Waals surface area contributed by atoms with Crippen molar-refractivity contribution < 1.29 is 4.79 Å². The molecule has 0 aliphatic heterocycles. The molecular weight excluding hydrogens is 478 g/mol. The van der Waals surface area contributed by atoms with Crippen LogP contribution in [0.15, 0.2) is 71.7 Å². The monoisotopic (exact) mass is 507 g/mol. The molecule has 2 N–H and O–H groups in total. The number of carbonyl (C=O) groups is 1. The lowest BCUT2D eigenvalue weighted by molar-refractivity contribution is 0.0599. The first-order chi connectivity index (χ1) is 17.0. The van der Waals surface area contributed by atoms with E-state index >= 15 is 0 Å². The largest absolute Gasteiger partial charge is 0.330 e. The summed E-state index contributed by atoms with van der Waals surface area (Å²) in [6.45, 7) is 5.91. The van der Waals surface area contributed by atoms with Crippen LogP contribution in [0.4, 0.5) is 0 Å². The Morgan fingerprint density at radius 3 is 2.63 bits per heavy atom. The second kappa shape index (κ2) is 11.6. The van der Waals surface area contributed by atoms with Crippen molar-refractivity contribution in [1.82, 2.24) is 19.4 Å². The number of imidazole rings is 1. The van der Waals surface area contributed by atoms with Gasteiger partial charge in [-0.1, -0.05) is 67.9 Å². The van der Waals surface area contributed by atoms with Gasteiger partial charge in [-0.15, -0.1) is 11.3 Å². The first-order valence-corrected chi connectivity index (χ1v) is 13.1. The zero-order valence-corrected chi connectivity index (χ0v) is 21.5. The Kier molecular flexibility index (Phi) is 8.33. The number of aromatic nitrogens is 3. The summed E-state index contributed by atoms with van der Waals surface area (Å²) in [4.78, 5) is 24.9. The third-order valence-electron chi connectivity index (χ3n) is 5.87. The summed E-state index contributed by atoms with van der Waals surface area (Å²) in [7, 11) is 0. The zero-order chi connectivity index (χ0) is 24.8. The number of nitrogens with zero attached hydrogens (tertiary/aromatic N) is 4. The minimum absolute atomic E-state index is 0.100. The smallest absolute Gasteiger partial charge is 0.273 e. The van der Waals surface area contributed by atoms with Crippen LogP contribution in [0, 0.1) is 5.92 Å². The van der Waals surface area contributed by atoms with Crippen molar-refractivity contribution in [2.75, 3.05) is 13.1 Å². The summed E-state index contributed by atoms with van der Waals surface area (Å²) in [6, 6.07) is 17.7. The van der Waals surface area contributed by atoms with Crippen molar-refractivity contribution in [2.24, 2.45) is 11.7 Å². The van der Waals surface area contributed by atoms with Crippen LogP contribution >= 0.6 is 22.9 Å². The molecule has 2 aromatic carbocycles. The van der Waals surface area contributed by atoms with Crippen molar-refractivity contribution in [2.45, 2.75) is 32.9 Å². The average molecular weight is 508 g/mol. The molecular formula is C27H30ClN5OS. The summed E-state index contributed by atoms with van der Waals surface area (Å²) in [6.07, 6.45) is 2.75. The molecule has 0 saturated heterocycles. The maximum absolute atomic E-state index is 13.6. The van der Waals surface area contributed by atoms with Crippen molar-refractivity contribution in [3.8, 4) is 11.3 Å². The van der Waals surface area contributed by atoms with E-state index in [1.165, 1.54) is 11.3 Å². The van der Waals surface area contributed by atoms with Crippen LogP contribution in [0.5, 0.6) is 0 Å². The highest BCUT2D eigenvalue weighted by molar-refractivity contribution is 7.07. The second-order valence-electron chi connectivity index (χ2n) is 8.81. The lowest BCUT2D eigenvalue weighted by Gasteiger charge is -2.34. The molecule has 0 fully saturated rings. The van der Waals surface area contributed by atoms with Gasteiger partial charge in [-0.25, -0.2) is 9.97 Å². The molecule has 1 atom stereocenters. The summed E-state index contributed by atoms with van der Waals surface area (Å²) < 4.78 is 2.15. The van der Waals surface area contributed by atoms with E-state index in [1.807, 2.05) is 47.4 Å². The molecule has 0 unspecified atom stereocenters. The third kappa shape index (κ3) is 5.99. The molecule has 0 aliphatic carbocycles. The zero-order valence-electron chi connectivity index (χ0n) is 20.0. The van der Waals surface area contributed by atoms with E-state index in [9.17, 15) is 4.79 Å². The highest BCUT2D eigenvalue weighted by Crippen LogP contribution is 2.33. The van der Waals surface area contributed by atoms with E-state index < -0.39 is 0 Å². The summed E-state index contributed by atoms with van der Waals surface area (Å²) in [5.41, 5.74) is 10.9. The minimum Gasteiger partial charge on any atom is -0.330 e. The van der Waals surface area contributed by atoms with Gasteiger partial charge in [-0.2, -0.15) is 0 Å².